The van der Waals surface area contributed by atoms with Crippen molar-refractivity contribution in [1.29, 1.82) is 0 Å². The maximum atomic E-state index is 12.4. The number of hydrogen-bond donors (Lipinski definition) is 1. The van der Waals surface area contributed by atoms with Crippen molar-refractivity contribution in [2.24, 2.45) is 5.92 Å². The second-order valence-electron chi connectivity index (χ2n) is 5.40. The number of halogens is 1. The van der Waals surface area contributed by atoms with Gasteiger partial charge in [0.1, 0.15) is 0 Å². The Labute approximate surface area is 120 Å². The molecule has 1 aromatic rings. The first kappa shape index (κ1) is 14.4. The summed E-state index contributed by atoms with van der Waals surface area (Å²) in [6.07, 6.45) is 2.24. The monoisotopic (exact) mass is 280 g/mol. The molecule has 104 valence electrons. The van der Waals surface area contributed by atoms with Crippen molar-refractivity contribution in [3.8, 4) is 0 Å². The van der Waals surface area contributed by atoms with E-state index in [0.29, 0.717) is 11.9 Å². The van der Waals surface area contributed by atoms with Crippen LogP contribution in [0.3, 0.4) is 0 Å². The average Bonchev–Trinajstić information content (AvgIpc) is 2.76. The molecule has 1 unspecified atom stereocenters. The van der Waals surface area contributed by atoms with Gasteiger partial charge in [0.2, 0.25) is 5.91 Å². The molecule has 3 nitrogen and oxygen atoms in total. The fraction of sp³-hybridized carbons (Fsp3) is 0.533. The predicted molar refractivity (Wildman–Crippen MR) is 78.5 cm³/mol. The molecule has 2 aliphatic rings. The van der Waals surface area contributed by atoms with E-state index in [1.54, 1.807) is 0 Å². The molecule has 2 heterocycles. The molecule has 1 atom stereocenters. The second kappa shape index (κ2) is 5.93. The van der Waals surface area contributed by atoms with E-state index in [1.165, 1.54) is 11.1 Å². The standard InChI is InChI=1S/C15H20N2O.ClH/c1-11-5-2-3-6-13(11)14-7-4-8-17(14)15(18)12-9-16-10-12;/h2-3,5-6,12,14,16H,4,7-10H2,1H3;1H. The molecule has 2 aliphatic heterocycles. The number of benzene rings is 1. The molecule has 1 amide bonds. The Morgan fingerprint density at radius 2 is 2.05 bits per heavy atom. The molecule has 0 bridgehead atoms. The van der Waals surface area contributed by atoms with Crippen molar-refractivity contribution in [1.82, 2.24) is 10.2 Å². The third-order valence-corrected chi connectivity index (χ3v) is 4.21. The van der Waals surface area contributed by atoms with E-state index >= 15 is 0 Å². The molecular formula is C15H21ClN2O. The third kappa shape index (κ3) is 2.63. The molecule has 4 heteroatoms. The number of likely N-dealkylation sites (tertiary alicyclic amines) is 1. The molecule has 2 saturated heterocycles. The number of hydrogen-bond acceptors (Lipinski definition) is 2. The van der Waals surface area contributed by atoms with Gasteiger partial charge in [-0.2, -0.15) is 0 Å². The highest BCUT2D eigenvalue weighted by Crippen LogP contribution is 2.34. The number of nitrogens with one attached hydrogen (secondary N) is 1. The summed E-state index contributed by atoms with van der Waals surface area (Å²) in [6, 6.07) is 8.76. The highest BCUT2D eigenvalue weighted by atomic mass is 35.5. The van der Waals surface area contributed by atoms with E-state index in [9.17, 15) is 4.79 Å². The Balaban J connectivity index is 0.00000133. The van der Waals surface area contributed by atoms with Gasteiger partial charge in [-0.3, -0.25) is 4.79 Å². The van der Waals surface area contributed by atoms with Crippen molar-refractivity contribution in [2.75, 3.05) is 19.6 Å². The van der Waals surface area contributed by atoms with Gasteiger partial charge in [0.05, 0.1) is 12.0 Å². The number of nitrogens with zero attached hydrogens (tertiary/aromatic N) is 1. The van der Waals surface area contributed by atoms with Crippen molar-refractivity contribution in [2.45, 2.75) is 25.8 Å². The molecule has 3 rings (SSSR count). The van der Waals surface area contributed by atoms with Gasteiger partial charge in [0.25, 0.3) is 0 Å². The van der Waals surface area contributed by atoms with Crippen molar-refractivity contribution in [3.63, 3.8) is 0 Å². The van der Waals surface area contributed by atoms with Gasteiger partial charge in [-0.05, 0) is 30.9 Å². The van der Waals surface area contributed by atoms with Gasteiger partial charge in [-0.15, -0.1) is 12.4 Å². The first-order chi connectivity index (χ1) is 8.77. The van der Waals surface area contributed by atoms with Crippen LogP contribution in [0.1, 0.15) is 30.0 Å². The van der Waals surface area contributed by atoms with Gasteiger partial charge in [-0.25, -0.2) is 0 Å². The molecular weight excluding hydrogens is 260 g/mol. The maximum Gasteiger partial charge on any atom is 0.228 e. The minimum Gasteiger partial charge on any atom is -0.335 e. The first-order valence-corrected chi connectivity index (χ1v) is 6.84. The van der Waals surface area contributed by atoms with Gasteiger partial charge in [-0.1, -0.05) is 24.3 Å². The number of carbonyl (C=O) groups is 1. The number of rotatable bonds is 2. The van der Waals surface area contributed by atoms with Crippen LogP contribution in [0.15, 0.2) is 24.3 Å². The van der Waals surface area contributed by atoms with Crippen LogP contribution in [0.5, 0.6) is 0 Å². The fourth-order valence-electron chi connectivity index (χ4n) is 3.01. The Bertz CT molecular complexity index is 459. The molecule has 0 aromatic heterocycles. The quantitative estimate of drug-likeness (QED) is 0.902. The highest BCUT2D eigenvalue weighted by molar-refractivity contribution is 5.85. The average molecular weight is 281 g/mol. The Kier molecular flexibility index (Phi) is 4.48. The Morgan fingerprint density at radius 3 is 2.68 bits per heavy atom. The highest BCUT2D eigenvalue weighted by Gasteiger charge is 2.36. The smallest absolute Gasteiger partial charge is 0.228 e. The lowest BCUT2D eigenvalue weighted by atomic mass is 9.97. The topological polar surface area (TPSA) is 32.3 Å². The van der Waals surface area contributed by atoms with Crippen LogP contribution in [-0.4, -0.2) is 30.4 Å². The SMILES string of the molecule is Cc1ccccc1C1CCCN1C(=O)C1CNC1.Cl. The number of carbonyl (C=O) groups excluding carboxylic acids is 1. The zero-order chi connectivity index (χ0) is 12.5. The van der Waals surface area contributed by atoms with Crippen LogP contribution < -0.4 is 5.32 Å². The van der Waals surface area contributed by atoms with E-state index in [2.05, 4.69) is 41.4 Å². The summed E-state index contributed by atoms with van der Waals surface area (Å²) < 4.78 is 0. The minimum atomic E-state index is 0. The zero-order valence-electron chi connectivity index (χ0n) is 11.3. The molecule has 19 heavy (non-hydrogen) atoms. The Hall–Kier alpha value is -1.06. The van der Waals surface area contributed by atoms with Crippen LogP contribution in [-0.2, 0) is 4.79 Å². The lowest BCUT2D eigenvalue weighted by molar-refractivity contribution is -0.138. The van der Waals surface area contributed by atoms with E-state index < -0.39 is 0 Å². The van der Waals surface area contributed by atoms with Crippen LogP contribution in [0.4, 0.5) is 0 Å². The van der Waals surface area contributed by atoms with Crippen LogP contribution >= 0.6 is 12.4 Å². The summed E-state index contributed by atoms with van der Waals surface area (Å²) in [5.74, 6) is 0.564. The van der Waals surface area contributed by atoms with Gasteiger partial charge < -0.3 is 10.2 Å². The van der Waals surface area contributed by atoms with Gasteiger partial charge >= 0.3 is 0 Å². The lowest BCUT2D eigenvalue weighted by Gasteiger charge is -2.34. The normalized spacial score (nSPS) is 22.8. The molecule has 0 aliphatic carbocycles. The summed E-state index contributed by atoms with van der Waals surface area (Å²) in [4.78, 5) is 14.5. The predicted octanol–water partition coefficient (Wildman–Crippen LogP) is 2.30. The van der Waals surface area contributed by atoms with Crippen molar-refractivity contribution in [3.05, 3.63) is 35.4 Å². The number of amides is 1. The summed E-state index contributed by atoms with van der Waals surface area (Å²) in [5.41, 5.74) is 2.63. The van der Waals surface area contributed by atoms with E-state index in [4.69, 9.17) is 0 Å². The second-order valence-corrected chi connectivity index (χ2v) is 5.40. The summed E-state index contributed by atoms with van der Waals surface area (Å²) >= 11 is 0. The van der Waals surface area contributed by atoms with Gasteiger partial charge in [0, 0.05) is 19.6 Å². The Morgan fingerprint density at radius 1 is 1.32 bits per heavy atom. The molecule has 0 spiro atoms. The van der Waals surface area contributed by atoms with Crippen molar-refractivity contribution < 1.29 is 4.79 Å². The number of aryl methyl sites for hydroxylation is 1. The largest absolute Gasteiger partial charge is 0.335 e. The van der Waals surface area contributed by atoms with Crippen LogP contribution in [0, 0.1) is 12.8 Å². The van der Waals surface area contributed by atoms with Crippen LogP contribution in [0.25, 0.3) is 0 Å². The van der Waals surface area contributed by atoms with Gasteiger partial charge in [0.15, 0.2) is 0 Å². The molecule has 1 aromatic carbocycles. The van der Waals surface area contributed by atoms with E-state index in [1.807, 2.05) is 0 Å². The lowest BCUT2D eigenvalue weighted by Crippen LogP contribution is -2.51. The van der Waals surface area contributed by atoms with Crippen molar-refractivity contribution >= 4 is 18.3 Å². The molecule has 2 fully saturated rings. The molecule has 0 saturated carbocycles. The third-order valence-electron chi connectivity index (χ3n) is 4.21. The summed E-state index contributed by atoms with van der Waals surface area (Å²) in [6.45, 7) is 4.78. The van der Waals surface area contributed by atoms with E-state index in [-0.39, 0.29) is 18.3 Å². The first-order valence-electron chi connectivity index (χ1n) is 6.84. The minimum absolute atomic E-state index is 0. The maximum absolute atomic E-state index is 12.4. The van der Waals surface area contributed by atoms with Crippen LogP contribution in [0.2, 0.25) is 0 Å². The summed E-state index contributed by atoms with van der Waals surface area (Å²) in [7, 11) is 0. The molecule has 0 radical (unpaired) electrons. The fourth-order valence-corrected chi connectivity index (χ4v) is 3.01. The summed E-state index contributed by atoms with van der Waals surface area (Å²) in [5, 5.41) is 3.18. The zero-order valence-corrected chi connectivity index (χ0v) is 12.1. The molecule has 1 N–H and O–H groups in total. The van der Waals surface area contributed by atoms with E-state index in [0.717, 1.165) is 32.5 Å².